The number of hydrogen-bond donors (Lipinski definition) is 1. The molecule has 0 saturated carbocycles. The quantitative estimate of drug-likeness (QED) is 0.632. The van der Waals surface area contributed by atoms with Gasteiger partial charge in [-0.15, -0.1) is 0 Å². The Morgan fingerprint density at radius 1 is 1.69 bits per heavy atom. The van der Waals surface area contributed by atoms with Crippen LogP contribution in [-0.2, 0) is 4.79 Å². The molecule has 0 aliphatic carbocycles. The Balaban J connectivity index is 4.17. The second-order valence-corrected chi connectivity index (χ2v) is 2.90. The second-order valence-electron chi connectivity index (χ2n) is 2.90. The van der Waals surface area contributed by atoms with Crippen molar-refractivity contribution in [2.45, 2.75) is 19.8 Å². The third kappa shape index (κ3) is 5.74. The first-order valence-corrected chi connectivity index (χ1v) is 4.19. The average molecular weight is 181 g/mol. The molecule has 0 aromatic heterocycles. The van der Waals surface area contributed by atoms with Crippen LogP contribution in [0.4, 0.5) is 0 Å². The van der Waals surface area contributed by atoms with Crippen molar-refractivity contribution in [2.75, 3.05) is 13.6 Å². The normalized spacial score (nSPS) is 10.7. The average Bonchev–Trinajstić information content (AvgIpc) is 2.02. The highest BCUT2D eigenvalue weighted by molar-refractivity contribution is 5.76. The molecule has 0 saturated heterocycles. The first-order chi connectivity index (χ1) is 6.10. The van der Waals surface area contributed by atoms with E-state index in [0.717, 1.165) is 12.8 Å². The summed E-state index contributed by atoms with van der Waals surface area (Å²) in [5, 5.41) is 8.68. The van der Waals surface area contributed by atoms with Crippen LogP contribution in [0.25, 0.3) is 0 Å². The van der Waals surface area contributed by atoms with Gasteiger partial charge in [-0.3, -0.25) is 4.79 Å². The van der Waals surface area contributed by atoms with Gasteiger partial charge in [-0.1, -0.05) is 13.3 Å². The molecule has 4 nitrogen and oxygen atoms in total. The van der Waals surface area contributed by atoms with Gasteiger partial charge in [-0.25, -0.2) is 0 Å². The highest BCUT2D eigenvalue weighted by Gasteiger charge is 2.00. The fourth-order valence-electron chi connectivity index (χ4n) is 0.976. The van der Waals surface area contributed by atoms with E-state index < -0.39 is 5.91 Å². The molecule has 4 heteroatoms. The minimum Gasteiger partial charge on any atom is -0.370 e. The SMILES string of the molecule is CCCC(C#N)=CN(C)CC(N)=O. The lowest BCUT2D eigenvalue weighted by molar-refractivity contribution is -0.118. The second kappa shape index (κ2) is 6.06. The Kier molecular flexibility index (Phi) is 5.37. The predicted molar refractivity (Wildman–Crippen MR) is 50.4 cm³/mol. The molecule has 1 amide bonds. The molecule has 0 bridgehead atoms. The highest BCUT2D eigenvalue weighted by Crippen LogP contribution is 2.03. The van der Waals surface area contributed by atoms with E-state index in [2.05, 4.69) is 6.07 Å². The van der Waals surface area contributed by atoms with Gasteiger partial charge in [0.25, 0.3) is 0 Å². The molecule has 0 unspecified atom stereocenters. The van der Waals surface area contributed by atoms with Gasteiger partial charge in [0.15, 0.2) is 0 Å². The van der Waals surface area contributed by atoms with Crippen LogP contribution in [0.1, 0.15) is 19.8 Å². The number of nitriles is 1. The van der Waals surface area contributed by atoms with E-state index in [1.165, 1.54) is 0 Å². The summed E-state index contributed by atoms with van der Waals surface area (Å²) in [5.41, 5.74) is 5.66. The molecule has 0 aliphatic heterocycles. The van der Waals surface area contributed by atoms with Crippen LogP contribution in [-0.4, -0.2) is 24.4 Å². The molecule has 13 heavy (non-hydrogen) atoms. The maximum absolute atomic E-state index is 10.5. The number of primary amides is 1. The van der Waals surface area contributed by atoms with E-state index >= 15 is 0 Å². The summed E-state index contributed by atoms with van der Waals surface area (Å²) in [6.45, 7) is 2.15. The largest absolute Gasteiger partial charge is 0.370 e. The van der Waals surface area contributed by atoms with E-state index in [4.69, 9.17) is 11.0 Å². The van der Waals surface area contributed by atoms with Crippen molar-refractivity contribution in [3.8, 4) is 6.07 Å². The number of likely N-dealkylation sites (N-methyl/N-ethyl adjacent to an activating group) is 1. The molecule has 72 valence electrons. The molecule has 0 fully saturated rings. The monoisotopic (exact) mass is 181 g/mol. The number of allylic oxidation sites excluding steroid dienone is 1. The van der Waals surface area contributed by atoms with Gasteiger partial charge >= 0.3 is 0 Å². The number of rotatable bonds is 5. The lowest BCUT2D eigenvalue weighted by atomic mass is 10.2. The Labute approximate surface area is 78.6 Å². The molecule has 0 spiro atoms. The van der Waals surface area contributed by atoms with Crippen molar-refractivity contribution < 1.29 is 4.79 Å². The van der Waals surface area contributed by atoms with Crippen LogP contribution >= 0.6 is 0 Å². The summed E-state index contributed by atoms with van der Waals surface area (Å²) in [6.07, 6.45) is 3.32. The Hall–Kier alpha value is -1.50. The van der Waals surface area contributed by atoms with Crippen molar-refractivity contribution in [1.29, 1.82) is 5.26 Å². The summed E-state index contributed by atoms with van der Waals surface area (Å²) >= 11 is 0. The minimum atomic E-state index is -0.396. The van der Waals surface area contributed by atoms with Gasteiger partial charge < -0.3 is 10.6 Å². The summed E-state index contributed by atoms with van der Waals surface area (Å²) in [7, 11) is 1.72. The molecule has 0 aromatic rings. The third-order valence-corrected chi connectivity index (χ3v) is 1.44. The van der Waals surface area contributed by atoms with Crippen molar-refractivity contribution in [3.05, 3.63) is 11.8 Å². The van der Waals surface area contributed by atoms with E-state index in [-0.39, 0.29) is 6.54 Å². The fraction of sp³-hybridized carbons (Fsp3) is 0.556. The maximum atomic E-state index is 10.5. The Bertz CT molecular complexity index is 240. The van der Waals surface area contributed by atoms with Crippen LogP contribution < -0.4 is 5.73 Å². The maximum Gasteiger partial charge on any atom is 0.236 e. The number of carbonyl (C=O) groups is 1. The zero-order valence-corrected chi connectivity index (χ0v) is 8.08. The van der Waals surface area contributed by atoms with Gasteiger partial charge in [-0.05, 0) is 6.42 Å². The molecule has 0 rings (SSSR count). The smallest absolute Gasteiger partial charge is 0.236 e. The van der Waals surface area contributed by atoms with E-state index in [9.17, 15) is 4.79 Å². The van der Waals surface area contributed by atoms with E-state index in [1.54, 1.807) is 18.1 Å². The van der Waals surface area contributed by atoms with Crippen molar-refractivity contribution in [2.24, 2.45) is 5.73 Å². The van der Waals surface area contributed by atoms with Crippen LogP contribution in [0, 0.1) is 11.3 Å². The molecule has 0 heterocycles. The number of amides is 1. The van der Waals surface area contributed by atoms with Gasteiger partial charge in [0.05, 0.1) is 12.6 Å². The molecule has 0 radical (unpaired) electrons. The van der Waals surface area contributed by atoms with Crippen LogP contribution in [0.3, 0.4) is 0 Å². The molecule has 0 atom stereocenters. The fourth-order valence-corrected chi connectivity index (χ4v) is 0.976. The lowest BCUT2D eigenvalue weighted by Gasteiger charge is -2.11. The summed E-state index contributed by atoms with van der Waals surface area (Å²) in [6, 6.07) is 2.07. The number of carbonyl (C=O) groups excluding carboxylic acids is 1. The van der Waals surface area contributed by atoms with Gasteiger partial charge in [-0.2, -0.15) is 5.26 Å². The number of nitrogens with zero attached hydrogens (tertiary/aromatic N) is 2. The molecule has 2 N–H and O–H groups in total. The van der Waals surface area contributed by atoms with Crippen molar-refractivity contribution in [1.82, 2.24) is 4.90 Å². The van der Waals surface area contributed by atoms with Gasteiger partial charge in [0.2, 0.25) is 5.91 Å². The standard InChI is InChI=1S/C9H15N3O/c1-3-4-8(5-10)6-12(2)7-9(11)13/h6H,3-4,7H2,1-2H3,(H2,11,13). The van der Waals surface area contributed by atoms with Crippen LogP contribution in [0.15, 0.2) is 11.8 Å². The summed E-state index contributed by atoms with van der Waals surface area (Å²) in [5.74, 6) is -0.396. The Morgan fingerprint density at radius 2 is 2.31 bits per heavy atom. The lowest BCUT2D eigenvalue weighted by Crippen LogP contribution is -2.27. The summed E-state index contributed by atoms with van der Waals surface area (Å²) in [4.78, 5) is 12.1. The topological polar surface area (TPSA) is 70.1 Å². The molecular formula is C9H15N3O. The van der Waals surface area contributed by atoms with Gasteiger partial charge in [0, 0.05) is 18.8 Å². The van der Waals surface area contributed by atoms with Crippen molar-refractivity contribution in [3.63, 3.8) is 0 Å². The highest BCUT2D eigenvalue weighted by atomic mass is 16.1. The minimum absolute atomic E-state index is 0.148. The molecule has 0 aliphatic rings. The molecular weight excluding hydrogens is 166 g/mol. The van der Waals surface area contributed by atoms with Crippen LogP contribution in [0.2, 0.25) is 0 Å². The third-order valence-electron chi connectivity index (χ3n) is 1.44. The first-order valence-electron chi connectivity index (χ1n) is 4.19. The van der Waals surface area contributed by atoms with E-state index in [1.807, 2.05) is 6.92 Å². The van der Waals surface area contributed by atoms with Crippen molar-refractivity contribution >= 4 is 5.91 Å². The van der Waals surface area contributed by atoms with E-state index in [0.29, 0.717) is 5.57 Å². The van der Waals surface area contributed by atoms with Crippen LogP contribution in [0.5, 0.6) is 0 Å². The Morgan fingerprint density at radius 3 is 2.69 bits per heavy atom. The zero-order valence-electron chi connectivity index (χ0n) is 8.08. The number of nitrogens with two attached hydrogens (primary N) is 1. The predicted octanol–water partition coefficient (Wildman–Crippen LogP) is 0.611. The molecule has 0 aromatic carbocycles. The first kappa shape index (κ1) is 11.5. The zero-order chi connectivity index (χ0) is 10.3. The number of hydrogen-bond acceptors (Lipinski definition) is 3. The van der Waals surface area contributed by atoms with Gasteiger partial charge in [0.1, 0.15) is 0 Å². The summed E-state index contributed by atoms with van der Waals surface area (Å²) < 4.78 is 0.